The van der Waals surface area contributed by atoms with Gasteiger partial charge in [0.25, 0.3) is 0 Å². The molecule has 3 heteroatoms. The monoisotopic (exact) mass is 345 g/mol. The van der Waals surface area contributed by atoms with Gasteiger partial charge in [-0.3, -0.25) is 0 Å². The van der Waals surface area contributed by atoms with Crippen LogP contribution < -0.4 is 5.32 Å². The molecule has 1 aromatic heterocycles. The Morgan fingerprint density at radius 2 is 1.65 bits per heavy atom. The molecule has 0 radical (unpaired) electrons. The predicted octanol–water partition coefficient (Wildman–Crippen LogP) is 5.19. The van der Waals surface area contributed by atoms with Gasteiger partial charge in [-0.2, -0.15) is 0 Å². The van der Waals surface area contributed by atoms with E-state index in [0.717, 1.165) is 23.3 Å². The summed E-state index contributed by atoms with van der Waals surface area (Å²) in [7, 11) is 0. The molecule has 1 fully saturated rings. The number of aromatic nitrogens is 1. The van der Waals surface area contributed by atoms with Crippen molar-refractivity contribution in [2.45, 2.75) is 25.7 Å². The Morgan fingerprint density at radius 3 is 2.50 bits per heavy atom. The molecule has 26 heavy (non-hydrogen) atoms. The zero-order valence-electron chi connectivity index (χ0n) is 15.3. The molecule has 0 saturated carbocycles. The van der Waals surface area contributed by atoms with Crippen molar-refractivity contribution in [3.05, 3.63) is 60.7 Å². The smallest absolute Gasteiger partial charge is 0.0730 e. The third-order valence-corrected chi connectivity index (χ3v) is 5.20. The standard InChI is InChI=1S/C23H27N3/c1-3-10-19(11-4-1)22-18-23(20-12-5-6-13-21(20)25-22)24-14-9-17-26-15-7-2-8-16-26/h1,3-6,10-13,18H,2,7-9,14-17H2,(H,24,25). The lowest BCUT2D eigenvalue weighted by Gasteiger charge is -2.26. The minimum Gasteiger partial charge on any atom is -0.384 e. The maximum Gasteiger partial charge on any atom is 0.0730 e. The summed E-state index contributed by atoms with van der Waals surface area (Å²) in [6.45, 7) is 4.74. The van der Waals surface area contributed by atoms with E-state index >= 15 is 0 Å². The third kappa shape index (κ3) is 4.05. The summed E-state index contributed by atoms with van der Waals surface area (Å²) in [5, 5.41) is 4.87. The fraction of sp³-hybridized carbons (Fsp3) is 0.348. The maximum absolute atomic E-state index is 4.86. The van der Waals surface area contributed by atoms with Crippen molar-refractivity contribution in [2.75, 3.05) is 31.5 Å². The summed E-state index contributed by atoms with van der Waals surface area (Å²) in [5.41, 5.74) is 4.43. The third-order valence-electron chi connectivity index (χ3n) is 5.20. The van der Waals surface area contributed by atoms with E-state index in [1.807, 2.05) is 6.07 Å². The Balaban J connectivity index is 1.49. The highest BCUT2D eigenvalue weighted by Gasteiger charge is 2.10. The number of likely N-dealkylation sites (tertiary alicyclic amines) is 1. The van der Waals surface area contributed by atoms with Crippen LogP contribution in [0.25, 0.3) is 22.2 Å². The average Bonchev–Trinajstić information content (AvgIpc) is 2.72. The highest BCUT2D eigenvalue weighted by Crippen LogP contribution is 2.28. The summed E-state index contributed by atoms with van der Waals surface area (Å²) in [4.78, 5) is 7.46. The van der Waals surface area contributed by atoms with E-state index in [1.165, 1.54) is 56.4 Å². The maximum atomic E-state index is 4.86. The van der Waals surface area contributed by atoms with Crippen molar-refractivity contribution in [3.63, 3.8) is 0 Å². The molecule has 4 rings (SSSR count). The lowest BCUT2D eigenvalue weighted by molar-refractivity contribution is 0.228. The summed E-state index contributed by atoms with van der Waals surface area (Å²) in [5.74, 6) is 0. The first-order chi connectivity index (χ1) is 12.9. The first kappa shape index (κ1) is 17.0. The molecule has 3 nitrogen and oxygen atoms in total. The number of hydrogen-bond donors (Lipinski definition) is 1. The van der Waals surface area contributed by atoms with E-state index in [1.54, 1.807) is 0 Å². The van der Waals surface area contributed by atoms with Gasteiger partial charge in [0.15, 0.2) is 0 Å². The van der Waals surface area contributed by atoms with Gasteiger partial charge in [-0.25, -0.2) is 4.98 Å². The SMILES string of the molecule is c1ccc(-c2cc(NCCCN3CCCCC3)c3ccccc3n2)cc1. The quantitative estimate of drug-likeness (QED) is 0.623. The molecular weight excluding hydrogens is 318 g/mol. The topological polar surface area (TPSA) is 28.2 Å². The number of para-hydroxylation sites is 1. The van der Waals surface area contributed by atoms with Gasteiger partial charge in [-0.15, -0.1) is 0 Å². The van der Waals surface area contributed by atoms with Crippen molar-refractivity contribution >= 4 is 16.6 Å². The number of nitrogens with one attached hydrogen (secondary N) is 1. The first-order valence-electron chi connectivity index (χ1n) is 9.81. The Hall–Kier alpha value is -2.39. The zero-order valence-corrected chi connectivity index (χ0v) is 15.3. The van der Waals surface area contributed by atoms with Gasteiger partial charge in [-0.1, -0.05) is 55.0 Å². The van der Waals surface area contributed by atoms with Crippen LogP contribution in [0.2, 0.25) is 0 Å². The molecular formula is C23H27N3. The van der Waals surface area contributed by atoms with Crippen LogP contribution in [0.1, 0.15) is 25.7 Å². The number of rotatable bonds is 6. The Kier molecular flexibility index (Phi) is 5.46. The summed E-state index contributed by atoms with van der Waals surface area (Å²) < 4.78 is 0. The van der Waals surface area contributed by atoms with Gasteiger partial charge in [0.1, 0.15) is 0 Å². The van der Waals surface area contributed by atoms with E-state index in [9.17, 15) is 0 Å². The number of piperidine rings is 1. The van der Waals surface area contributed by atoms with Gasteiger partial charge in [0.2, 0.25) is 0 Å². The Labute approximate surface area is 156 Å². The van der Waals surface area contributed by atoms with Crippen molar-refractivity contribution in [1.82, 2.24) is 9.88 Å². The molecule has 0 aliphatic carbocycles. The van der Waals surface area contributed by atoms with Crippen LogP contribution in [0.15, 0.2) is 60.7 Å². The van der Waals surface area contributed by atoms with Gasteiger partial charge in [-0.05, 0) is 51.0 Å². The van der Waals surface area contributed by atoms with E-state index < -0.39 is 0 Å². The number of hydrogen-bond acceptors (Lipinski definition) is 3. The van der Waals surface area contributed by atoms with Gasteiger partial charge < -0.3 is 10.2 Å². The summed E-state index contributed by atoms with van der Waals surface area (Å²) >= 11 is 0. The largest absolute Gasteiger partial charge is 0.384 e. The molecule has 2 aromatic carbocycles. The first-order valence-corrected chi connectivity index (χ1v) is 9.81. The molecule has 3 aromatic rings. The highest BCUT2D eigenvalue weighted by molar-refractivity contribution is 5.93. The second-order valence-electron chi connectivity index (χ2n) is 7.12. The molecule has 0 amide bonds. The minimum atomic E-state index is 0.999. The Bertz CT molecular complexity index is 838. The second-order valence-corrected chi connectivity index (χ2v) is 7.12. The number of fused-ring (bicyclic) bond motifs is 1. The van der Waals surface area contributed by atoms with Gasteiger partial charge in [0.05, 0.1) is 11.2 Å². The number of nitrogens with zero attached hydrogens (tertiary/aromatic N) is 2. The molecule has 0 atom stereocenters. The predicted molar refractivity (Wildman–Crippen MR) is 111 cm³/mol. The highest BCUT2D eigenvalue weighted by atomic mass is 15.1. The molecule has 134 valence electrons. The average molecular weight is 345 g/mol. The van der Waals surface area contributed by atoms with Crippen LogP contribution in [0, 0.1) is 0 Å². The second kappa shape index (κ2) is 8.33. The van der Waals surface area contributed by atoms with Gasteiger partial charge in [0, 0.05) is 23.2 Å². The van der Waals surface area contributed by atoms with Crippen molar-refractivity contribution in [2.24, 2.45) is 0 Å². The summed E-state index contributed by atoms with van der Waals surface area (Å²) in [6.07, 6.45) is 5.31. The lowest BCUT2D eigenvalue weighted by atomic mass is 10.1. The van der Waals surface area contributed by atoms with E-state index in [-0.39, 0.29) is 0 Å². The molecule has 1 N–H and O–H groups in total. The van der Waals surface area contributed by atoms with Crippen LogP contribution in [-0.2, 0) is 0 Å². The zero-order chi connectivity index (χ0) is 17.6. The fourth-order valence-electron chi connectivity index (χ4n) is 3.79. The normalized spacial score (nSPS) is 15.2. The van der Waals surface area contributed by atoms with Crippen molar-refractivity contribution in [1.29, 1.82) is 0 Å². The van der Waals surface area contributed by atoms with E-state index in [0.29, 0.717) is 0 Å². The van der Waals surface area contributed by atoms with Crippen LogP contribution in [0.4, 0.5) is 5.69 Å². The fourth-order valence-corrected chi connectivity index (χ4v) is 3.79. The molecule has 0 unspecified atom stereocenters. The van der Waals surface area contributed by atoms with E-state index in [2.05, 4.69) is 64.8 Å². The van der Waals surface area contributed by atoms with Crippen molar-refractivity contribution < 1.29 is 0 Å². The van der Waals surface area contributed by atoms with Crippen LogP contribution in [0.3, 0.4) is 0 Å². The molecule has 1 aliphatic heterocycles. The molecule has 1 saturated heterocycles. The Morgan fingerprint density at radius 1 is 0.885 bits per heavy atom. The molecule has 0 spiro atoms. The molecule has 2 heterocycles. The van der Waals surface area contributed by atoms with Crippen LogP contribution in [-0.4, -0.2) is 36.1 Å². The molecule has 0 bridgehead atoms. The van der Waals surface area contributed by atoms with E-state index in [4.69, 9.17) is 4.98 Å². The van der Waals surface area contributed by atoms with Crippen LogP contribution >= 0.6 is 0 Å². The summed E-state index contributed by atoms with van der Waals surface area (Å²) in [6, 6.07) is 21.0. The number of benzene rings is 2. The number of pyridine rings is 1. The minimum absolute atomic E-state index is 0.999. The number of anilines is 1. The lowest BCUT2D eigenvalue weighted by Crippen LogP contribution is -2.31. The van der Waals surface area contributed by atoms with Gasteiger partial charge >= 0.3 is 0 Å². The molecule has 1 aliphatic rings. The van der Waals surface area contributed by atoms with Crippen molar-refractivity contribution in [3.8, 4) is 11.3 Å². The van der Waals surface area contributed by atoms with Crippen LogP contribution in [0.5, 0.6) is 0 Å².